The summed E-state index contributed by atoms with van der Waals surface area (Å²) in [6.07, 6.45) is 8.02. The van der Waals surface area contributed by atoms with Crippen LogP contribution in [0.3, 0.4) is 0 Å². The van der Waals surface area contributed by atoms with E-state index in [1.807, 2.05) is 6.07 Å². The van der Waals surface area contributed by atoms with E-state index < -0.39 is 0 Å². The highest BCUT2D eigenvalue weighted by Gasteiger charge is 2.22. The second-order valence-electron chi connectivity index (χ2n) is 5.09. The quantitative estimate of drug-likeness (QED) is 0.770. The van der Waals surface area contributed by atoms with Gasteiger partial charge in [-0.1, -0.05) is 37.8 Å². The molecule has 1 aliphatic rings. The van der Waals surface area contributed by atoms with Crippen LogP contribution in [-0.4, -0.2) is 12.6 Å². The Balaban J connectivity index is 1.84. The highest BCUT2D eigenvalue weighted by atomic mass is 35.5. The largest absolute Gasteiger partial charge is 0.314 e. The zero-order valence-electron chi connectivity index (χ0n) is 10.5. The molecule has 0 amide bonds. The summed E-state index contributed by atoms with van der Waals surface area (Å²) in [5.41, 5.74) is 0. The molecule has 0 radical (unpaired) electrons. The average Bonchev–Trinajstić information content (AvgIpc) is 2.65. The Morgan fingerprint density at radius 1 is 1.47 bits per heavy atom. The average molecular weight is 272 g/mol. The van der Waals surface area contributed by atoms with E-state index >= 15 is 0 Å². The summed E-state index contributed by atoms with van der Waals surface area (Å²) in [6.45, 7) is 3.37. The van der Waals surface area contributed by atoms with E-state index in [9.17, 15) is 0 Å². The topological polar surface area (TPSA) is 12.0 Å². The van der Waals surface area contributed by atoms with Crippen molar-refractivity contribution in [2.45, 2.75) is 51.5 Å². The van der Waals surface area contributed by atoms with E-state index in [4.69, 9.17) is 11.6 Å². The molecule has 0 spiro atoms. The van der Waals surface area contributed by atoms with Gasteiger partial charge in [-0.2, -0.15) is 0 Å². The first-order chi connectivity index (χ1) is 8.28. The fourth-order valence-electron chi connectivity index (χ4n) is 2.42. The summed E-state index contributed by atoms with van der Waals surface area (Å²) in [7, 11) is 0. The maximum Gasteiger partial charge on any atom is 0.0931 e. The molecule has 1 unspecified atom stereocenters. The Bertz CT molecular complexity index is 333. The van der Waals surface area contributed by atoms with Gasteiger partial charge >= 0.3 is 0 Å². The molecule has 1 saturated carbocycles. The van der Waals surface area contributed by atoms with Crippen LogP contribution in [0.25, 0.3) is 0 Å². The summed E-state index contributed by atoms with van der Waals surface area (Å²) < 4.78 is 0.915. The fraction of sp³-hybridized carbons (Fsp3) is 0.714. The van der Waals surface area contributed by atoms with Crippen molar-refractivity contribution in [1.29, 1.82) is 0 Å². The van der Waals surface area contributed by atoms with Crippen LogP contribution in [0.2, 0.25) is 4.34 Å². The molecule has 1 N–H and O–H groups in total. The van der Waals surface area contributed by atoms with Gasteiger partial charge in [-0.25, -0.2) is 0 Å². The van der Waals surface area contributed by atoms with Crippen LogP contribution >= 0.6 is 22.9 Å². The van der Waals surface area contributed by atoms with Crippen LogP contribution in [0.5, 0.6) is 0 Å². The van der Waals surface area contributed by atoms with Crippen LogP contribution < -0.4 is 5.32 Å². The molecule has 1 fully saturated rings. The van der Waals surface area contributed by atoms with Crippen molar-refractivity contribution < 1.29 is 0 Å². The molecule has 1 atom stereocenters. The summed E-state index contributed by atoms with van der Waals surface area (Å²) in [5, 5.41) is 3.69. The van der Waals surface area contributed by atoms with Gasteiger partial charge in [0, 0.05) is 10.9 Å². The van der Waals surface area contributed by atoms with Gasteiger partial charge in [0.15, 0.2) is 0 Å². The fourth-order valence-corrected chi connectivity index (χ4v) is 3.59. The van der Waals surface area contributed by atoms with Gasteiger partial charge in [-0.3, -0.25) is 0 Å². The molecule has 3 heteroatoms. The third-order valence-electron chi connectivity index (χ3n) is 3.60. The molecule has 0 bridgehead atoms. The monoisotopic (exact) mass is 271 g/mol. The highest BCUT2D eigenvalue weighted by Crippen LogP contribution is 2.32. The first kappa shape index (κ1) is 13.4. The molecule has 1 aliphatic carbocycles. The van der Waals surface area contributed by atoms with Crippen LogP contribution in [0.1, 0.15) is 43.9 Å². The molecular formula is C14H22ClNS. The normalized spacial score (nSPS) is 18.0. The third-order valence-corrected chi connectivity index (χ3v) is 4.86. The predicted molar refractivity (Wildman–Crippen MR) is 77.1 cm³/mol. The van der Waals surface area contributed by atoms with Gasteiger partial charge in [0.2, 0.25) is 0 Å². The number of hydrogen-bond acceptors (Lipinski definition) is 2. The van der Waals surface area contributed by atoms with E-state index in [2.05, 4.69) is 18.3 Å². The predicted octanol–water partition coefficient (Wildman–Crippen LogP) is 4.50. The van der Waals surface area contributed by atoms with Crippen molar-refractivity contribution in [2.24, 2.45) is 5.92 Å². The molecule has 96 valence electrons. The van der Waals surface area contributed by atoms with Gasteiger partial charge in [0.05, 0.1) is 4.34 Å². The number of halogens is 1. The Labute approximate surface area is 114 Å². The standard InChI is InChI=1S/C14H22ClNS/c1-2-8-16-12(9-11-4-3-5-11)10-13-6-7-14(15)17-13/h6-7,11-12,16H,2-5,8-10H2,1H3. The smallest absolute Gasteiger partial charge is 0.0931 e. The number of thiophene rings is 1. The van der Waals surface area contributed by atoms with E-state index in [1.165, 1.54) is 37.0 Å². The van der Waals surface area contributed by atoms with Gasteiger partial charge in [-0.15, -0.1) is 11.3 Å². The van der Waals surface area contributed by atoms with Crippen molar-refractivity contribution in [1.82, 2.24) is 5.32 Å². The molecular weight excluding hydrogens is 250 g/mol. The van der Waals surface area contributed by atoms with E-state index in [0.717, 1.165) is 23.2 Å². The van der Waals surface area contributed by atoms with Crippen molar-refractivity contribution in [3.63, 3.8) is 0 Å². The Kier molecular flexibility index (Phi) is 5.33. The first-order valence-electron chi connectivity index (χ1n) is 6.75. The third kappa shape index (κ3) is 4.27. The first-order valence-corrected chi connectivity index (χ1v) is 7.95. The lowest BCUT2D eigenvalue weighted by Crippen LogP contribution is -2.34. The molecule has 1 nitrogen and oxygen atoms in total. The number of rotatable bonds is 7. The Morgan fingerprint density at radius 2 is 2.29 bits per heavy atom. The second kappa shape index (κ2) is 6.77. The van der Waals surface area contributed by atoms with Crippen molar-refractivity contribution in [3.05, 3.63) is 21.3 Å². The van der Waals surface area contributed by atoms with Gasteiger partial charge in [0.25, 0.3) is 0 Å². The lowest BCUT2D eigenvalue weighted by molar-refractivity contribution is 0.259. The molecule has 17 heavy (non-hydrogen) atoms. The van der Waals surface area contributed by atoms with Gasteiger partial charge < -0.3 is 5.32 Å². The summed E-state index contributed by atoms with van der Waals surface area (Å²) in [5.74, 6) is 0.972. The second-order valence-corrected chi connectivity index (χ2v) is 6.89. The van der Waals surface area contributed by atoms with E-state index in [0.29, 0.717) is 6.04 Å². The molecule has 1 aromatic rings. The van der Waals surface area contributed by atoms with Gasteiger partial charge in [-0.05, 0) is 43.9 Å². The summed E-state index contributed by atoms with van der Waals surface area (Å²) in [6, 6.07) is 4.84. The van der Waals surface area contributed by atoms with Crippen LogP contribution in [0, 0.1) is 5.92 Å². The van der Waals surface area contributed by atoms with Crippen LogP contribution in [0.15, 0.2) is 12.1 Å². The maximum absolute atomic E-state index is 5.99. The lowest BCUT2D eigenvalue weighted by atomic mass is 9.80. The minimum Gasteiger partial charge on any atom is -0.314 e. The lowest BCUT2D eigenvalue weighted by Gasteiger charge is -2.30. The summed E-state index contributed by atoms with van der Waals surface area (Å²) >= 11 is 7.72. The molecule has 1 heterocycles. The van der Waals surface area contributed by atoms with Crippen molar-refractivity contribution in [3.8, 4) is 0 Å². The molecule has 0 saturated heterocycles. The minimum atomic E-state index is 0.648. The van der Waals surface area contributed by atoms with Crippen molar-refractivity contribution >= 4 is 22.9 Å². The van der Waals surface area contributed by atoms with Crippen LogP contribution in [-0.2, 0) is 6.42 Å². The maximum atomic E-state index is 5.99. The Hall–Kier alpha value is -0.0500. The zero-order chi connectivity index (χ0) is 12.1. The molecule has 0 aromatic carbocycles. The van der Waals surface area contributed by atoms with Crippen molar-refractivity contribution in [2.75, 3.05) is 6.54 Å². The SMILES string of the molecule is CCCNC(Cc1ccc(Cl)s1)CC1CCC1. The molecule has 1 aromatic heterocycles. The minimum absolute atomic E-state index is 0.648. The molecule has 0 aliphatic heterocycles. The number of hydrogen-bond donors (Lipinski definition) is 1. The number of nitrogens with one attached hydrogen (secondary N) is 1. The van der Waals surface area contributed by atoms with Gasteiger partial charge in [0.1, 0.15) is 0 Å². The van der Waals surface area contributed by atoms with E-state index in [-0.39, 0.29) is 0 Å². The molecule has 2 rings (SSSR count). The van der Waals surface area contributed by atoms with E-state index in [1.54, 1.807) is 11.3 Å². The van der Waals surface area contributed by atoms with Crippen LogP contribution in [0.4, 0.5) is 0 Å². The highest BCUT2D eigenvalue weighted by molar-refractivity contribution is 7.16. The Morgan fingerprint density at radius 3 is 2.82 bits per heavy atom. The zero-order valence-corrected chi connectivity index (χ0v) is 12.1. The summed E-state index contributed by atoms with van der Waals surface area (Å²) in [4.78, 5) is 1.42.